The van der Waals surface area contributed by atoms with E-state index in [2.05, 4.69) is 20.1 Å². The molecule has 4 rings (SSSR count). The van der Waals surface area contributed by atoms with Crippen LogP contribution in [0.2, 0.25) is 0 Å². The third-order valence-electron chi connectivity index (χ3n) is 4.65. The molecule has 0 spiro atoms. The first kappa shape index (κ1) is 20.4. The number of H-pyrrole nitrogens is 2. The van der Waals surface area contributed by atoms with Gasteiger partial charge in [0.15, 0.2) is 11.8 Å². The van der Waals surface area contributed by atoms with Crippen molar-refractivity contribution in [2.24, 2.45) is 0 Å². The average Bonchev–Trinajstić information content (AvgIpc) is 3.29. The van der Waals surface area contributed by atoms with Crippen molar-refractivity contribution >= 4 is 17.4 Å². The van der Waals surface area contributed by atoms with Crippen molar-refractivity contribution in [1.82, 2.24) is 29.9 Å². The predicted molar refractivity (Wildman–Crippen MR) is 101 cm³/mol. The zero-order valence-electron chi connectivity index (χ0n) is 15.8. The van der Waals surface area contributed by atoms with E-state index in [0.29, 0.717) is 0 Å². The fourth-order valence-electron chi connectivity index (χ4n) is 3.25. The number of nitrogens with one attached hydrogen (secondary N) is 3. The van der Waals surface area contributed by atoms with Crippen LogP contribution < -0.4 is 21.5 Å². The second-order valence-electron chi connectivity index (χ2n) is 6.75. The number of anilines is 1. The number of amides is 1. The van der Waals surface area contributed by atoms with Crippen LogP contribution in [-0.4, -0.2) is 69.0 Å². The molecule has 4 heterocycles. The predicted octanol–water partition coefficient (Wildman–Crippen LogP) is 0.292. The Morgan fingerprint density at radius 2 is 2.19 bits per heavy atom. The van der Waals surface area contributed by atoms with Crippen molar-refractivity contribution in [3.63, 3.8) is 0 Å². The molecule has 1 fully saturated rings. The van der Waals surface area contributed by atoms with Crippen LogP contribution in [0.15, 0.2) is 34.2 Å². The van der Waals surface area contributed by atoms with Crippen LogP contribution in [0.5, 0.6) is 0 Å². The van der Waals surface area contributed by atoms with Gasteiger partial charge in [-0.2, -0.15) is 5.10 Å². The van der Waals surface area contributed by atoms with Gasteiger partial charge >= 0.3 is 17.7 Å². The number of aromatic nitrogens is 5. The molecule has 11 nitrogen and oxygen atoms in total. The highest BCUT2D eigenvalue weighted by Gasteiger charge is 2.51. The van der Waals surface area contributed by atoms with E-state index in [9.17, 15) is 27.6 Å². The minimum Gasteiger partial charge on any atom is -0.438 e. The van der Waals surface area contributed by atoms with Crippen molar-refractivity contribution in [1.29, 1.82) is 0 Å². The summed E-state index contributed by atoms with van der Waals surface area (Å²) in [4.78, 5) is 44.8. The lowest BCUT2D eigenvalue weighted by molar-refractivity contribution is -0.0762. The van der Waals surface area contributed by atoms with Crippen LogP contribution in [0.3, 0.4) is 0 Å². The second-order valence-corrected chi connectivity index (χ2v) is 6.75. The lowest BCUT2D eigenvalue weighted by Crippen LogP contribution is -2.39. The maximum atomic E-state index is 14.5. The SMILES string of the molecule is O=C(NCCF)OC1CN(c2cc(-c3c[nH]c(=O)[nH]c3=O)nn3ccnc23)CC1(F)F. The molecule has 3 aromatic rings. The summed E-state index contributed by atoms with van der Waals surface area (Å²) >= 11 is 0. The van der Waals surface area contributed by atoms with Gasteiger partial charge in [-0.25, -0.2) is 32.3 Å². The monoisotopic (exact) mass is 439 g/mol. The molecule has 1 aliphatic heterocycles. The fourth-order valence-corrected chi connectivity index (χ4v) is 3.25. The summed E-state index contributed by atoms with van der Waals surface area (Å²) in [5, 5.41) is 6.27. The Labute approximate surface area is 170 Å². The molecule has 0 aromatic carbocycles. The topological polar surface area (TPSA) is 137 Å². The Bertz CT molecular complexity index is 1240. The van der Waals surface area contributed by atoms with E-state index in [1.807, 2.05) is 5.32 Å². The first-order valence-corrected chi connectivity index (χ1v) is 9.08. The molecule has 3 aromatic heterocycles. The zero-order chi connectivity index (χ0) is 22.2. The highest BCUT2D eigenvalue weighted by molar-refractivity contribution is 5.75. The first-order chi connectivity index (χ1) is 14.8. The van der Waals surface area contributed by atoms with Gasteiger partial charge in [0.1, 0.15) is 12.4 Å². The Kier molecular flexibility index (Phi) is 5.12. The molecular formula is C17H16F3N7O4. The second kappa shape index (κ2) is 7.77. The number of halogens is 3. The summed E-state index contributed by atoms with van der Waals surface area (Å²) in [6.45, 7) is -2.37. The lowest BCUT2D eigenvalue weighted by Gasteiger charge is -2.19. The summed E-state index contributed by atoms with van der Waals surface area (Å²) in [5.41, 5.74) is -0.840. The Morgan fingerprint density at radius 3 is 2.94 bits per heavy atom. The van der Waals surface area contributed by atoms with Crippen LogP contribution in [-0.2, 0) is 4.74 Å². The molecule has 0 saturated carbocycles. The molecule has 0 bridgehead atoms. The number of imidazole rings is 1. The van der Waals surface area contributed by atoms with Crippen LogP contribution in [0.4, 0.5) is 23.7 Å². The maximum Gasteiger partial charge on any atom is 0.407 e. The summed E-state index contributed by atoms with van der Waals surface area (Å²) in [6.07, 6.45) is 1.10. The number of carbonyl (C=O) groups is 1. The molecule has 1 unspecified atom stereocenters. The Hall–Kier alpha value is -3.84. The van der Waals surface area contributed by atoms with Gasteiger partial charge in [-0.1, -0.05) is 0 Å². The number of hydrogen-bond acceptors (Lipinski definition) is 7. The maximum absolute atomic E-state index is 14.5. The number of rotatable bonds is 5. The van der Waals surface area contributed by atoms with Crippen LogP contribution >= 0.6 is 0 Å². The lowest BCUT2D eigenvalue weighted by atomic mass is 10.2. The van der Waals surface area contributed by atoms with E-state index in [-0.39, 0.29) is 35.7 Å². The number of fused-ring (bicyclic) bond motifs is 1. The smallest absolute Gasteiger partial charge is 0.407 e. The number of aromatic amines is 2. The molecule has 3 N–H and O–H groups in total. The summed E-state index contributed by atoms with van der Waals surface area (Å²) < 4.78 is 47.3. The molecule has 14 heteroatoms. The molecule has 164 valence electrons. The van der Waals surface area contributed by atoms with Crippen molar-refractivity contribution in [2.45, 2.75) is 12.0 Å². The highest BCUT2D eigenvalue weighted by atomic mass is 19.3. The highest BCUT2D eigenvalue weighted by Crippen LogP contribution is 2.35. The van der Waals surface area contributed by atoms with Crippen LogP contribution in [0.25, 0.3) is 16.9 Å². The molecule has 1 aliphatic rings. The van der Waals surface area contributed by atoms with E-state index in [1.54, 1.807) is 0 Å². The Balaban J connectivity index is 1.69. The number of carbonyl (C=O) groups excluding carboxylic acids is 1. The number of nitrogens with zero attached hydrogens (tertiary/aromatic N) is 4. The van der Waals surface area contributed by atoms with Gasteiger partial charge < -0.3 is 19.9 Å². The average molecular weight is 439 g/mol. The molecule has 0 radical (unpaired) electrons. The van der Waals surface area contributed by atoms with Gasteiger partial charge in [0.2, 0.25) is 0 Å². The van der Waals surface area contributed by atoms with E-state index < -0.39 is 42.6 Å². The van der Waals surface area contributed by atoms with E-state index >= 15 is 0 Å². The van der Waals surface area contributed by atoms with Gasteiger partial charge in [-0.15, -0.1) is 0 Å². The van der Waals surface area contributed by atoms with Crippen molar-refractivity contribution in [3.05, 3.63) is 45.5 Å². The largest absolute Gasteiger partial charge is 0.438 e. The summed E-state index contributed by atoms with van der Waals surface area (Å²) in [5.74, 6) is -3.39. The molecule has 1 atom stereocenters. The third-order valence-corrected chi connectivity index (χ3v) is 4.65. The van der Waals surface area contributed by atoms with Crippen LogP contribution in [0, 0.1) is 0 Å². The number of alkyl halides is 3. The Morgan fingerprint density at radius 1 is 1.39 bits per heavy atom. The van der Waals surface area contributed by atoms with Gasteiger partial charge in [0.25, 0.3) is 5.56 Å². The molecule has 0 aliphatic carbocycles. The molecular weight excluding hydrogens is 423 g/mol. The van der Waals surface area contributed by atoms with Gasteiger partial charge in [-0.05, 0) is 6.07 Å². The van der Waals surface area contributed by atoms with Gasteiger partial charge in [0, 0.05) is 25.1 Å². The van der Waals surface area contributed by atoms with Crippen molar-refractivity contribution in [3.8, 4) is 11.3 Å². The van der Waals surface area contributed by atoms with Crippen molar-refractivity contribution in [2.75, 3.05) is 31.2 Å². The van der Waals surface area contributed by atoms with E-state index in [0.717, 1.165) is 6.20 Å². The summed E-state index contributed by atoms with van der Waals surface area (Å²) in [6, 6.07) is 1.38. The van der Waals surface area contributed by atoms with Crippen LogP contribution in [0.1, 0.15) is 0 Å². The minimum atomic E-state index is -3.39. The normalized spacial score (nSPS) is 17.8. The van der Waals surface area contributed by atoms with Gasteiger partial charge in [-0.3, -0.25) is 9.78 Å². The number of hydrogen-bond donors (Lipinski definition) is 3. The zero-order valence-corrected chi connectivity index (χ0v) is 15.8. The van der Waals surface area contributed by atoms with E-state index in [4.69, 9.17) is 4.74 Å². The standard InChI is InChI=1S/C17H16F3N7O4/c18-1-2-22-16(30)31-12-7-26(8-17(12,19)20)11-5-10(25-27-4-3-21-13(11)27)9-6-23-15(29)24-14(9)28/h3-6,12H,1-2,7-8H2,(H,22,30)(H2,23,24,28,29). The number of alkyl carbamates (subject to hydrolysis) is 1. The molecule has 1 amide bonds. The van der Waals surface area contributed by atoms with E-state index in [1.165, 1.54) is 27.9 Å². The molecule has 1 saturated heterocycles. The van der Waals surface area contributed by atoms with Gasteiger partial charge in [0.05, 0.1) is 24.3 Å². The fraction of sp³-hybridized carbons (Fsp3) is 0.353. The summed E-state index contributed by atoms with van der Waals surface area (Å²) in [7, 11) is 0. The third kappa shape index (κ3) is 3.95. The minimum absolute atomic E-state index is 0.0146. The first-order valence-electron chi connectivity index (χ1n) is 9.08. The quantitative estimate of drug-likeness (QED) is 0.520. The molecule has 31 heavy (non-hydrogen) atoms. The number of ether oxygens (including phenoxy) is 1. The van der Waals surface area contributed by atoms with Crippen molar-refractivity contribution < 1.29 is 22.7 Å².